The maximum atomic E-state index is 11.4. The van der Waals surface area contributed by atoms with Crippen LogP contribution in [0.4, 0.5) is 0 Å². The van der Waals surface area contributed by atoms with E-state index < -0.39 is 0 Å². The molecule has 0 bridgehead atoms. The number of carbonyl (C=O) groups excluding carboxylic acids is 1. The number of halogens is 1. The molecule has 0 saturated carbocycles. The van der Waals surface area contributed by atoms with Crippen molar-refractivity contribution in [3.05, 3.63) is 35.9 Å². The number of hydrogen-bond donors (Lipinski definition) is 0. The summed E-state index contributed by atoms with van der Waals surface area (Å²) in [6, 6.07) is 9.11. The summed E-state index contributed by atoms with van der Waals surface area (Å²) in [5.41, 5.74) is 0.563. The number of nitrogens with zero attached hydrogens (tertiary/aromatic N) is 1. The molecule has 4 heteroatoms. The largest absolute Gasteiger partial charge is 0.363 e. The maximum Gasteiger partial charge on any atom is 0.357 e. The zero-order valence-electron chi connectivity index (χ0n) is 7.52. The summed E-state index contributed by atoms with van der Waals surface area (Å²) in [6.45, 7) is 0.738. The first-order valence-electron chi connectivity index (χ1n) is 4.41. The van der Waals surface area contributed by atoms with E-state index >= 15 is 0 Å². The Labute approximate surface area is 87.2 Å². The van der Waals surface area contributed by atoms with E-state index in [9.17, 15) is 4.79 Å². The van der Waals surface area contributed by atoms with E-state index in [-0.39, 0.29) is 12.0 Å². The minimum atomic E-state index is -0.321. The Morgan fingerprint density at radius 2 is 2.21 bits per heavy atom. The predicted octanol–water partition coefficient (Wildman–Crippen LogP) is 1.68. The third-order valence-corrected chi connectivity index (χ3v) is 2.41. The lowest BCUT2D eigenvalue weighted by Crippen LogP contribution is -2.12. The Kier molecular flexibility index (Phi) is 2.70. The third-order valence-electron chi connectivity index (χ3n) is 2.05. The van der Waals surface area contributed by atoms with Gasteiger partial charge in [-0.3, -0.25) is 0 Å². The number of hydrogen-bond acceptors (Lipinski definition) is 3. The van der Waals surface area contributed by atoms with Gasteiger partial charge < -0.3 is 4.84 Å². The minimum absolute atomic E-state index is 0.198. The zero-order valence-corrected chi connectivity index (χ0v) is 8.28. The van der Waals surface area contributed by atoms with E-state index in [2.05, 4.69) is 0 Å². The second-order valence-electron chi connectivity index (χ2n) is 3.15. The summed E-state index contributed by atoms with van der Waals surface area (Å²) in [7, 11) is 0. The van der Waals surface area contributed by atoms with Gasteiger partial charge >= 0.3 is 5.97 Å². The molecule has 2 rings (SSSR count). The van der Waals surface area contributed by atoms with Crippen molar-refractivity contribution >= 4 is 17.6 Å². The zero-order chi connectivity index (χ0) is 9.97. The highest BCUT2D eigenvalue weighted by Gasteiger charge is 2.37. The molecule has 1 aliphatic rings. The van der Waals surface area contributed by atoms with Crippen LogP contribution in [0.25, 0.3) is 0 Å². The lowest BCUT2D eigenvalue weighted by Gasteiger charge is -2.03. The Bertz CT molecular complexity index is 328. The van der Waals surface area contributed by atoms with Gasteiger partial charge in [0.1, 0.15) is 0 Å². The Hall–Kier alpha value is -1.06. The number of rotatable bonds is 3. The summed E-state index contributed by atoms with van der Waals surface area (Å²) in [4.78, 5) is 16.5. The van der Waals surface area contributed by atoms with Crippen molar-refractivity contribution in [3.63, 3.8) is 0 Å². The average molecular weight is 212 g/mol. The number of benzene rings is 1. The molecule has 1 fully saturated rings. The van der Waals surface area contributed by atoms with Gasteiger partial charge in [0, 0.05) is 5.88 Å². The fraction of sp³-hybridized carbons (Fsp3) is 0.300. The number of alkyl halides is 1. The van der Waals surface area contributed by atoms with Gasteiger partial charge in [0.05, 0.1) is 18.2 Å². The van der Waals surface area contributed by atoms with Crippen molar-refractivity contribution < 1.29 is 9.63 Å². The third kappa shape index (κ3) is 2.05. The molecule has 74 valence electrons. The molecule has 0 amide bonds. The van der Waals surface area contributed by atoms with Gasteiger partial charge in [0.2, 0.25) is 0 Å². The average Bonchev–Trinajstić information content (AvgIpc) is 2.98. The molecule has 0 aromatic heterocycles. The topological polar surface area (TPSA) is 29.3 Å². The summed E-state index contributed by atoms with van der Waals surface area (Å²) >= 11 is 5.59. The smallest absolute Gasteiger partial charge is 0.357 e. The van der Waals surface area contributed by atoms with Crippen molar-refractivity contribution in [3.8, 4) is 0 Å². The quantitative estimate of drug-likeness (QED) is 0.563. The van der Waals surface area contributed by atoms with Gasteiger partial charge in [0.15, 0.2) is 0 Å². The van der Waals surface area contributed by atoms with Crippen molar-refractivity contribution in [2.24, 2.45) is 0 Å². The fourth-order valence-electron chi connectivity index (χ4n) is 1.13. The van der Waals surface area contributed by atoms with Crippen LogP contribution in [0.3, 0.4) is 0 Å². The SMILES string of the molecule is O=C(ON1C[C@H]1CCl)c1ccccc1. The van der Waals surface area contributed by atoms with Crippen LogP contribution in [0.5, 0.6) is 0 Å². The molecule has 1 aromatic carbocycles. The van der Waals surface area contributed by atoms with E-state index in [0.29, 0.717) is 11.4 Å². The second-order valence-corrected chi connectivity index (χ2v) is 3.46. The highest BCUT2D eigenvalue weighted by Crippen LogP contribution is 2.20. The molecular weight excluding hydrogens is 202 g/mol. The maximum absolute atomic E-state index is 11.4. The monoisotopic (exact) mass is 211 g/mol. The molecule has 0 spiro atoms. The summed E-state index contributed by atoms with van der Waals surface area (Å²) < 4.78 is 0. The normalized spacial score (nSPS) is 24.4. The molecule has 2 atom stereocenters. The number of carbonyl (C=O) groups is 1. The van der Waals surface area contributed by atoms with E-state index in [1.54, 1.807) is 29.3 Å². The van der Waals surface area contributed by atoms with Crippen molar-refractivity contribution in [1.82, 2.24) is 5.06 Å². The van der Waals surface area contributed by atoms with Gasteiger partial charge in [-0.05, 0) is 12.1 Å². The van der Waals surface area contributed by atoms with Crippen LogP contribution in [0.2, 0.25) is 0 Å². The van der Waals surface area contributed by atoms with E-state index in [1.165, 1.54) is 0 Å². The first-order chi connectivity index (χ1) is 6.81. The summed E-state index contributed by atoms with van der Waals surface area (Å²) in [6.07, 6.45) is 0. The van der Waals surface area contributed by atoms with E-state index in [4.69, 9.17) is 16.4 Å². The van der Waals surface area contributed by atoms with Crippen LogP contribution in [0.1, 0.15) is 10.4 Å². The van der Waals surface area contributed by atoms with Crippen LogP contribution in [-0.4, -0.2) is 29.5 Å². The van der Waals surface area contributed by atoms with Crippen LogP contribution < -0.4 is 0 Å². The highest BCUT2D eigenvalue weighted by atomic mass is 35.5. The summed E-state index contributed by atoms with van der Waals surface area (Å²) in [5.74, 6) is 0.181. The van der Waals surface area contributed by atoms with Crippen LogP contribution in [0, 0.1) is 0 Å². The molecule has 0 N–H and O–H groups in total. The number of hydroxylamine groups is 2. The molecular formula is C10H10ClNO2. The first-order valence-corrected chi connectivity index (χ1v) is 4.94. The molecule has 0 aliphatic carbocycles. The second kappa shape index (κ2) is 3.98. The van der Waals surface area contributed by atoms with Gasteiger partial charge in [-0.2, -0.15) is 0 Å². The lowest BCUT2D eigenvalue weighted by atomic mass is 10.2. The van der Waals surface area contributed by atoms with Crippen molar-refractivity contribution in [2.45, 2.75) is 6.04 Å². The molecule has 1 unspecified atom stereocenters. The molecule has 3 nitrogen and oxygen atoms in total. The Morgan fingerprint density at radius 3 is 2.79 bits per heavy atom. The van der Waals surface area contributed by atoms with Crippen LogP contribution in [0.15, 0.2) is 30.3 Å². The van der Waals surface area contributed by atoms with Crippen molar-refractivity contribution in [1.29, 1.82) is 0 Å². The summed E-state index contributed by atoms with van der Waals surface area (Å²) in [5, 5.41) is 1.59. The fourth-order valence-corrected chi connectivity index (χ4v) is 1.38. The standard InChI is InChI=1S/C10H10ClNO2/c11-6-9-7-12(9)14-10(13)8-4-2-1-3-5-8/h1-5,9H,6-7H2/t9-,12?/m1/s1. The molecule has 0 radical (unpaired) electrons. The van der Waals surface area contributed by atoms with Crippen molar-refractivity contribution in [2.75, 3.05) is 12.4 Å². The van der Waals surface area contributed by atoms with Gasteiger partial charge in [-0.1, -0.05) is 18.2 Å². The molecule has 1 aliphatic heterocycles. The predicted molar refractivity (Wildman–Crippen MR) is 53.1 cm³/mol. The molecule has 1 aromatic rings. The van der Waals surface area contributed by atoms with Gasteiger partial charge in [0.25, 0.3) is 0 Å². The van der Waals surface area contributed by atoms with Gasteiger partial charge in [-0.15, -0.1) is 16.7 Å². The van der Waals surface area contributed by atoms with Crippen LogP contribution in [-0.2, 0) is 4.84 Å². The Balaban J connectivity index is 1.91. The molecule has 14 heavy (non-hydrogen) atoms. The van der Waals surface area contributed by atoms with E-state index in [0.717, 1.165) is 6.54 Å². The van der Waals surface area contributed by atoms with Crippen LogP contribution >= 0.6 is 11.6 Å². The van der Waals surface area contributed by atoms with E-state index in [1.807, 2.05) is 6.07 Å². The lowest BCUT2D eigenvalue weighted by molar-refractivity contribution is -0.0351. The molecule has 1 heterocycles. The molecule has 1 saturated heterocycles. The Morgan fingerprint density at radius 1 is 1.50 bits per heavy atom. The first kappa shape index (κ1) is 9.49. The highest BCUT2D eigenvalue weighted by molar-refractivity contribution is 6.18. The minimum Gasteiger partial charge on any atom is -0.363 e. The van der Waals surface area contributed by atoms with Gasteiger partial charge in [-0.25, -0.2) is 4.79 Å².